The molecule has 0 spiro atoms. The standard InChI is InChI=1S/C20H26O4/c1-24-19-12-10-18(11-13-19)14-16-20(22,23)15-8-6-4-2-3-5-7-9-17-21/h2-4,6,8,10-13,15,17,22-23H,5,7,9,14,16H2,1H3. The molecule has 0 aliphatic carbocycles. The van der Waals surface area contributed by atoms with Gasteiger partial charge in [0.05, 0.1) is 7.11 Å². The van der Waals surface area contributed by atoms with Gasteiger partial charge in [-0.05, 0) is 43.0 Å². The monoisotopic (exact) mass is 330 g/mol. The molecule has 0 aliphatic rings. The van der Waals surface area contributed by atoms with Gasteiger partial charge in [-0.1, -0.05) is 42.5 Å². The molecule has 0 radical (unpaired) electrons. The van der Waals surface area contributed by atoms with Gasteiger partial charge < -0.3 is 19.7 Å². The van der Waals surface area contributed by atoms with E-state index in [1.165, 1.54) is 6.08 Å². The SMILES string of the molecule is COc1ccc(CCC(O)(O)C=CC=CC=CCCCC=O)cc1. The number of hydrogen-bond donors (Lipinski definition) is 2. The maximum Gasteiger partial charge on any atom is 0.183 e. The van der Waals surface area contributed by atoms with E-state index in [1.807, 2.05) is 42.5 Å². The van der Waals surface area contributed by atoms with Crippen molar-refractivity contribution in [3.8, 4) is 5.75 Å². The minimum Gasteiger partial charge on any atom is -0.497 e. The first-order valence-corrected chi connectivity index (χ1v) is 8.10. The van der Waals surface area contributed by atoms with Crippen molar-refractivity contribution in [3.63, 3.8) is 0 Å². The van der Waals surface area contributed by atoms with E-state index in [1.54, 1.807) is 19.3 Å². The molecule has 1 aromatic rings. The van der Waals surface area contributed by atoms with Crippen molar-refractivity contribution in [1.29, 1.82) is 0 Å². The summed E-state index contributed by atoms with van der Waals surface area (Å²) in [5.74, 6) is -1.06. The van der Waals surface area contributed by atoms with Crippen molar-refractivity contribution < 1.29 is 19.7 Å². The Kier molecular flexibility index (Phi) is 9.42. The third kappa shape index (κ3) is 9.08. The number of hydrogen-bond acceptors (Lipinski definition) is 4. The molecule has 0 unspecified atom stereocenters. The molecule has 1 aromatic carbocycles. The molecule has 0 heterocycles. The van der Waals surface area contributed by atoms with Gasteiger partial charge in [0.1, 0.15) is 12.0 Å². The fourth-order valence-corrected chi connectivity index (χ4v) is 2.04. The van der Waals surface area contributed by atoms with Gasteiger partial charge in [-0.25, -0.2) is 0 Å². The van der Waals surface area contributed by atoms with Crippen LogP contribution in [0.5, 0.6) is 5.75 Å². The molecule has 2 N–H and O–H groups in total. The molecular formula is C20H26O4. The normalized spacial score (nSPS) is 12.5. The fraction of sp³-hybridized carbons (Fsp3) is 0.350. The van der Waals surface area contributed by atoms with E-state index in [0.717, 1.165) is 30.4 Å². The number of carbonyl (C=O) groups is 1. The van der Waals surface area contributed by atoms with Crippen LogP contribution in [0.25, 0.3) is 0 Å². The van der Waals surface area contributed by atoms with E-state index >= 15 is 0 Å². The van der Waals surface area contributed by atoms with Crippen molar-refractivity contribution in [2.24, 2.45) is 0 Å². The van der Waals surface area contributed by atoms with E-state index in [4.69, 9.17) is 4.74 Å². The van der Waals surface area contributed by atoms with E-state index < -0.39 is 5.79 Å². The smallest absolute Gasteiger partial charge is 0.183 e. The number of aldehydes is 1. The van der Waals surface area contributed by atoms with Crippen LogP contribution in [0.3, 0.4) is 0 Å². The molecule has 0 aliphatic heterocycles. The molecule has 0 bridgehead atoms. The Labute approximate surface area is 143 Å². The van der Waals surface area contributed by atoms with Crippen molar-refractivity contribution in [3.05, 3.63) is 66.3 Å². The molecule has 0 atom stereocenters. The lowest BCUT2D eigenvalue weighted by molar-refractivity contribution is -0.122. The highest BCUT2D eigenvalue weighted by atomic mass is 16.5. The molecular weight excluding hydrogens is 304 g/mol. The molecule has 24 heavy (non-hydrogen) atoms. The summed E-state index contributed by atoms with van der Waals surface area (Å²) in [4.78, 5) is 10.1. The Morgan fingerprint density at radius 2 is 1.75 bits per heavy atom. The van der Waals surface area contributed by atoms with Gasteiger partial charge in [0.25, 0.3) is 0 Å². The largest absolute Gasteiger partial charge is 0.497 e. The summed E-state index contributed by atoms with van der Waals surface area (Å²) < 4.78 is 5.09. The summed E-state index contributed by atoms with van der Waals surface area (Å²) in [7, 11) is 1.61. The maximum atomic E-state index is 10.1. The molecule has 0 fully saturated rings. The maximum absolute atomic E-state index is 10.1. The van der Waals surface area contributed by atoms with Crippen LogP contribution in [0.4, 0.5) is 0 Å². The number of aryl methyl sites for hydroxylation is 1. The predicted octanol–water partition coefficient (Wildman–Crippen LogP) is 3.35. The van der Waals surface area contributed by atoms with Gasteiger partial charge >= 0.3 is 0 Å². The zero-order valence-corrected chi connectivity index (χ0v) is 14.1. The zero-order chi connectivity index (χ0) is 17.7. The van der Waals surface area contributed by atoms with Gasteiger partial charge in [-0.15, -0.1) is 0 Å². The molecule has 0 amide bonds. The van der Waals surface area contributed by atoms with Crippen molar-refractivity contribution in [2.45, 2.75) is 37.9 Å². The summed E-state index contributed by atoms with van der Waals surface area (Å²) in [5, 5.41) is 19.9. The summed E-state index contributed by atoms with van der Waals surface area (Å²) in [6, 6.07) is 7.53. The molecule has 0 saturated carbocycles. The molecule has 130 valence electrons. The Morgan fingerprint density at radius 1 is 1.04 bits per heavy atom. The number of allylic oxidation sites excluding steroid dienone is 5. The Bertz CT molecular complexity index is 554. The van der Waals surface area contributed by atoms with Crippen LogP contribution >= 0.6 is 0 Å². The zero-order valence-electron chi connectivity index (χ0n) is 14.1. The number of rotatable bonds is 11. The van der Waals surface area contributed by atoms with Crippen molar-refractivity contribution >= 4 is 6.29 Å². The van der Waals surface area contributed by atoms with Crippen molar-refractivity contribution in [2.75, 3.05) is 7.11 Å². The second-order valence-corrected chi connectivity index (χ2v) is 5.50. The Balaban J connectivity index is 2.34. The first kappa shape index (κ1) is 19.9. The second-order valence-electron chi connectivity index (χ2n) is 5.50. The number of ether oxygens (including phenoxy) is 1. The van der Waals surface area contributed by atoms with Gasteiger partial charge in [-0.2, -0.15) is 0 Å². The highest BCUT2D eigenvalue weighted by Gasteiger charge is 2.17. The van der Waals surface area contributed by atoms with E-state index in [0.29, 0.717) is 12.8 Å². The Hall–Kier alpha value is -2.17. The van der Waals surface area contributed by atoms with Crippen molar-refractivity contribution in [1.82, 2.24) is 0 Å². The van der Waals surface area contributed by atoms with Crippen LogP contribution in [0.2, 0.25) is 0 Å². The fourth-order valence-electron chi connectivity index (χ4n) is 2.04. The third-order valence-electron chi connectivity index (χ3n) is 3.47. The van der Waals surface area contributed by atoms with Crippen LogP contribution < -0.4 is 4.74 Å². The third-order valence-corrected chi connectivity index (χ3v) is 3.47. The summed E-state index contributed by atoms with van der Waals surface area (Å²) in [5.41, 5.74) is 1.02. The highest BCUT2D eigenvalue weighted by molar-refractivity contribution is 5.49. The lowest BCUT2D eigenvalue weighted by Crippen LogP contribution is -2.25. The number of benzene rings is 1. The van der Waals surface area contributed by atoms with Gasteiger partial charge in [0.2, 0.25) is 0 Å². The average molecular weight is 330 g/mol. The lowest BCUT2D eigenvalue weighted by atomic mass is 10.0. The molecule has 4 nitrogen and oxygen atoms in total. The van der Waals surface area contributed by atoms with E-state index in [2.05, 4.69) is 0 Å². The van der Waals surface area contributed by atoms with Crippen LogP contribution in [-0.2, 0) is 11.2 Å². The van der Waals surface area contributed by atoms with Gasteiger partial charge in [0.15, 0.2) is 5.79 Å². The quantitative estimate of drug-likeness (QED) is 0.283. The number of unbranched alkanes of at least 4 members (excludes halogenated alkanes) is 2. The number of methoxy groups -OCH3 is 1. The minimum atomic E-state index is -1.84. The number of aliphatic hydroxyl groups is 2. The molecule has 0 aromatic heterocycles. The predicted molar refractivity (Wildman–Crippen MR) is 95.8 cm³/mol. The van der Waals surface area contributed by atoms with Gasteiger partial charge in [0, 0.05) is 12.8 Å². The minimum absolute atomic E-state index is 0.213. The molecule has 4 heteroatoms. The molecule has 1 rings (SSSR count). The Morgan fingerprint density at radius 3 is 2.42 bits per heavy atom. The first-order chi connectivity index (χ1) is 11.6. The van der Waals surface area contributed by atoms with Gasteiger partial charge in [-0.3, -0.25) is 0 Å². The van der Waals surface area contributed by atoms with E-state index in [9.17, 15) is 15.0 Å². The molecule has 0 saturated heterocycles. The second kappa shape index (κ2) is 11.4. The topological polar surface area (TPSA) is 66.8 Å². The summed E-state index contributed by atoms with van der Waals surface area (Å²) >= 11 is 0. The lowest BCUT2D eigenvalue weighted by Gasteiger charge is -2.17. The van der Waals surface area contributed by atoms with Crippen LogP contribution in [0, 0.1) is 0 Å². The van der Waals surface area contributed by atoms with E-state index in [-0.39, 0.29) is 6.42 Å². The van der Waals surface area contributed by atoms with Crippen LogP contribution in [0.1, 0.15) is 31.2 Å². The van der Waals surface area contributed by atoms with Crippen LogP contribution in [-0.4, -0.2) is 29.4 Å². The van der Waals surface area contributed by atoms with Crippen LogP contribution in [0.15, 0.2) is 60.7 Å². The number of carbonyl (C=O) groups excluding carboxylic acids is 1. The first-order valence-electron chi connectivity index (χ1n) is 8.10. The average Bonchev–Trinajstić information content (AvgIpc) is 2.59. The summed E-state index contributed by atoms with van der Waals surface area (Å²) in [6.45, 7) is 0. The summed E-state index contributed by atoms with van der Waals surface area (Å²) in [6.07, 6.45) is 14.4. The highest BCUT2D eigenvalue weighted by Crippen LogP contribution is 2.16.